The smallest absolute Gasteiger partial charge is 0.356 e. The van der Waals surface area contributed by atoms with Crippen molar-refractivity contribution in [2.45, 2.75) is 19.9 Å². The summed E-state index contributed by atoms with van der Waals surface area (Å²) in [7, 11) is 1.37. The molecule has 0 spiro atoms. The zero-order valence-electron chi connectivity index (χ0n) is 16.1. The number of pyridine rings is 1. The summed E-state index contributed by atoms with van der Waals surface area (Å²) in [5, 5.41) is 1.21. The minimum absolute atomic E-state index is 0.325. The van der Waals surface area contributed by atoms with Crippen LogP contribution in [0.15, 0.2) is 72.8 Å². The largest absolute Gasteiger partial charge is 0.464 e. The van der Waals surface area contributed by atoms with Crippen molar-refractivity contribution >= 4 is 16.9 Å². The molecule has 0 aliphatic carbocycles. The number of hydrogen-bond donors (Lipinski definition) is 0. The predicted molar refractivity (Wildman–Crippen MR) is 111 cm³/mol. The lowest BCUT2D eigenvalue weighted by Crippen LogP contribution is -2.09. The van der Waals surface area contributed by atoms with Gasteiger partial charge in [-0.25, -0.2) is 9.78 Å². The Bertz CT molecular complexity index is 1130. The third-order valence-electron chi connectivity index (χ3n) is 4.96. The normalized spacial score (nSPS) is 10.9. The fraction of sp³-hybridized carbons (Fsp3) is 0.167. The molecule has 2 aromatic heterocycles. The van der Waals surface area contributed by atoms with E-state index in [4.69, 9.17) is 4.74 Å². The van der Waals surface area contributed by atoms with Crippen molar-refractivity contribution in [1.29, 1.82) is 0 Å². The summed E-state index contributed by atoms with van der Waals surface area (Å²) in [4.78, 5) is 16.3. The number of aromatic nitrogens is 2. The number of benzene rings is 2. The van der Waals surface area contributed by atoms with E-state index in [1.807, 2.05) is 30.3 Å². The molecule has 0 radical (unpaired) electrons. The Labute approximate surface area is 164 Å². The van der Waals surface area contributed by atoms with Gasteiger partial charge in [0.2, 0.25) is 0 Å². The molecule has 0 saturated carbocycles. The Morgan fingerprint density at radius 3 is 2.57 bits per heavy atom. The van der Waals surface area contributed by atoms with Gasteiger partial charge in [0.1, 0.15) is 5.69 Å². The first-order valence-electron chi connectivity index (χ1n) is 9.41. The number of nitrogens with zero attached hydrogens (tertiary/aromatic N) is 2. The van der Waals surface area contributed by atoms with Crippen LogP contribution in [-0.4, -0.2) is 22.6 Å². The second kappa shape index (κ2) is 7.69. The molecule has 0 bridgehead atoms. The molecule has 0 saturated heterocycles. The number of aryl methyl sites for hydroxylation is 1. The molecule has 0 amide bonds. The number of fused-ring (bicyclic) bond motifs is 1. The highest BCUT2D eigenvalue weighted by Crippen LogP contribution is 2.30. The van der Waals surface area contributed by atoms with Crippen LogP contribution < -0.4 is 0 Å². The third kappa shape index (κ3) is 3.41. The summed E-state index contributed by atoms with van der Waals surface area (Å²) in [5.74, 6) is -0.421. The van der Waals surface area contributed by atoms with Crippen LogP contribution in [0.3, 0.4) is 0 Å². The van der Waals surface area contributed by atoms with Gasteiger partial charge < -0.3 is 9.30 Å². The predicted octanol–water partition coefficient (Wildman–Crippen LogP) is 5.10. The summed E-state index contributed by atoms with van der Waals surface area (Å²) in [6.07, 6.45) is 1.00. The average Bonchev–Trinajstić information content (AvgIpc) is 3.11. The van der Waals surface area contributed by atoms with Crippen molar-refractivity contribution in [1.82, 2.24) is 9.55 Å². The highest BCUT2D eigenvalue weighted by atomic mass is 16.5. The summed E-state index contributed by atoms with van der Waals surface area (Å²) in [6.45, 7) is 2.74. The van der Waals surface area contributed by atoms with E-state index in [2.05, 4.69) is 52.9 Å². The number of methoxy groups -OCH3 is 1. The average molecular weight is 370 g/mol. The Balaban J connectivity index is 1.84. The zero-order valence-corrected chi connectivity index (χ0v) is 16.1. The van der Waals surface area contributed by atoms with Crippen LogP contribution in [0.5, 0.6) is 0 Å². The van der Waals surface area contributed by atoms with Gasteiger partial charge in [-0.2, -0.15) is 0 Å². The Kier molecular flexibility index (Phi) is 4.94. The number of ether oxygens (including phenoxy) is 1. The number of carbonyl (C=O) groups is 1. The quantitative estimate of drug-likeness (QED) is 0.459. The van der Waals surface area contributed by atoms with Gasteiger partial charge in [-0.05, 0) is 47.9 Å². The molecule has 0 fully saturated rings. The van der Waals surface area contributed by atoms with Gasteiger partial charge in [0.05, 0.1) is 19.3 Å². The molecule has 2 heterocycles. The van der Waals surface area contributed by atoms with E-state index >= 15 is 0 Å². The van der Waals surface area contributed by atoms with E-state index < -0.39 is 5.97 Å². The highest BCUT2D eigenvalue weighted by molar-refractivity contribution is 5.88. The second-order valence-corrected chi connectivity index (χ2v) is 6.73. The molecule has 2 aromatic carbocycles. The number of carbonyl (C=O) groups excluding carboxylic acids is 1. The van der Waals surface area contributed by atoms with Crippen LogP contribution in [0.25, 0.3) is 22.2 Å². The molecule has 0 N–H and O–H groups in total. The van der Waals surface area contributed by atoms with E-state index in [0.717, 1.165) is 28.9 Å². The van der Waals surface area contributed by atoms with E-state index in [1.54, 1.807) is 6.07 Å². The van der Waals surface area contributed by atoms with E-state index in [1.165, 1.54) is 18.1 Å². The van der Waals surface area contributed by atoms with Crippen LogP contribution in [0, 0.1) is 0 Å². The lowest BCUT2D eigenvalue weighted by atomic mass is 10.1. The van der Waals surface area contributed by atoms with E-state index in [9.17, 15) is 4.79 Å². The zero-order chi connectivity index (χ0) is 19.5. The molecule has 0 unspecified atom stereocenters. The van der Waals surface area contributed by atoms with Gasteiger partial charge in [-0.15, -0.1) is 0 Å². The van der Waals surface area contributed by atoms with Crippen molar-refractivity contribution in [3.05, 3.63) is 89.7 Å². The lowest BCUT2D eigenvalue weighted by molar-refractivity contribution is 0.0593. The summed E-state index contributed by atoms with van der Waals surface area (Å²) < 4.78 is 7.06. The molecule has 4 nitrogen and oxygen atoms in total. The fourth-order valence-corrected chi connectivity index (χ4v) is 3.51. The van der Waals surface area contributed by atoms with Gasteiger partial charge in [-0.3, -0.25) is 0 Å². The van der Waals surface area contributed by atoms with Gasteiger partial charge in [0.15, 0.2) is 0 Å². The number of rotatable bonds is 5. The molecule has 0 atom stereocenters. The van der Waals surface area contributed by atoms with Gasteiger partial charge in [-0.1, -0.05) is 49.4 Å². The van der Waals surface area contributed by atoms with Crippen molar-refractivity contribution in [3.8, 4) is 11.3 Å². The van der Waals surface area contributed by atoms with Gasteiger partial charge in [0.25, 0.3) is 0 Å². The number of esters is 1. The SMILES string of the molecule is CCc1ccc2c(c1)cc(-c1ccccc1)n2Cc1cccc(C(=O)OC)n1. The molecule has 28 heavy (non-hydrogen) atoms. The minimum atomic E-state index is -0.421. The molecular formula is C24H22N2O2. The monoisotopic (exact) mass is 370 g/mol. The van der Waals surface area contributed by atoms with Crippen LogP contribution in [0.2, 0.25) is 0 Å². The maximum Gasteiger partial charge on any atom is 0.356 e. The highest BCUT2D eigenvalue weighted by Gasteiger charge is 2.13. The van der Waals surface area contributed by atoms with Crippen molar-refractivity contribution in [3.63, 3.8) is 0 Å². The first kappa shape index (κ1) is 18.0. The molecule has 0 aliphatic heterocycles. The van der Waals surface area contributed by atoms with E-state index in [-0.39, 0.29) is 0 Å². The summed E-state index contributed by atoms with van der Waals surface area (Å²) in [5.41, 5.74) is 5.90. The molecule has 140 valence electrons. The summed E-state index contributed by atoms with van der Waals surface area (Å²) in [6, 6.07) is 24.6. The van der Waals surface area contributed by atoms with Crippen LogP contribution >= 0.6 is 0 Å². The molecular weight excluding hydrogens is 348 g/mol. The molecule has 4 aromatic rings. The van der Waals surface area contributed by atoms with Gasteiger partial charge in [0, 0.05) is 16.6 Å². The second-order valence-electron chi connectivity index (χ2n) is 6.73. The van der Waals surface area contributed by atoms with E-state index in [0.29, 0.717) is 12.2 Å². The Morgan fingerprint density at radius 2 is 1.82 bits per heavy atom. The Hall–Kier alpha value is -3.40. The van der Waals surface area contributed by atoms with Crippen molar-refractivity contribution in [2.24, 2.45) is 0 Å². The topological polar surface area (TPSA) is 44.1 Å². The Morgan fingerprint density at radius 1 is 1.00 bits per heavy atom. The fourth-order valence-electron chi connectivity index (χ4n) is 3.51. The minimum Gasteiger partial charge on any atom is -0.464 e. The standard InChI is InChI=1S/C24H22N2O2/c1-3-17-12-13-22-19(14-17)15-23(18-8-5-4-6-9-18)26(22)16-20-10-7-11-21(25-20)24(27)28-2/h4-15H,3,16H2,1-2H3. The maximum absolute atomic E-state index is 11.8. The molecule has 4 heteroatoms. The number of hydrogen-bond acceptors (Lipinski definition) is 3. The first-order chi connectivity index (χ1) is 13.7. The van der Waals surface area contributed by atoms with Crippen LogP contribution in [0.1, 0.15) is 28.7 Å². The van der Waals surface area contributed by atoms with Gasteiger partial charge >= 0.3 is 5.97 Å². The van der Waals surface area contributed by atoms with Crippen molar-refractivity contribution < 1.29 is 9.53 Å². The molecule has 0 aliphatic rings. The first-order valence-corrected chi connectivity index (χ1v) is 9.41. The molecule has 4 rings (SSSR count). The third-order valence-corrected chi connectivity index (χ3v) is 4.96. The lowest BCUT2D eigenvalue weighted by Gasteiger charge is -2.12. The summed E-state index contributed by atoms with van der Waals surface area (Å²) >= 11 is 0. The van der Waals surface area contributed by atoms with Crippen LogP contribution in [-0.2, 0) is 17.7 Å². The van der Waals surface area contributed by atoms with Crippen molar-refractivity contribution in [2.75, 3.05) is 7.11 Å². The maximum atomic E-state index is 11.8. The van der Waals surface area contributed by atoms with Crippen LogP contribution in [0.4, 0.5) is 0 Å².